The number of likely N-dealkylation sites (N-methyl/N-ethyl adjacent to an activating group) is 1. The second-order valence-electron chi connectivity index (χ2n) is 5.19. The van der Waals surface area contributed by atoms with E-state index in [-0.39, 0.29) is 6.04 Å². The van der Waals surface area contributed by atoms with Crippen molar-refractivity contribution in [3.63, 3.8) is 0 Å². The van der Waals surface area contributed by atoms with Crippen LogP contribution in [0.4, 0.5) is 0 Å². The third kappa shape index (κ3) is 3.44. The van der Waals surface area contributed by atoms with Gasteiger partial charge in [-0.05, 0) is 45.9 Å². The Kier molecular flexibility index (Phi) is 4.89. The number of aromatic nitrogens is 2. The summed E-state index contributed by atoms with van der Waals surface area (Å²) in [5.41, 5.74) is 4.62. The fraction of sp³-hybridized carbons (Fsp3) is 0.500. The molecule has 0 aromatic carbocycles. The van der Waals surface area contributed by atoms with E-state index in [0.29, 0.717) is 0 Å². The molecule has 0 aliphatic heterocycles. The van der Waals surface area contributed by atoms with Gasteiger partial charge in [-0.1, -0.05) is 13.0 Å². The van der Waals surface area contributed by atoms with E-state index >= 15 is 0 Å². The molecule has 3 nitrogen and oxygen atoms in total. The van der Waals surface area contributed by atoms with Crippen molar-refractivity contribution >= 4 is 11.3 Å². The Balaban J connectivity index is 2.26. The molecule has 0 bridgehead atoms. The molecular formula is C16H23N3S. The average molecular weight is 289 g/mol. The topological polar surface area (TPSA) is 37.8 Å². The van der Waals surface area contributed by atoms with Crippen LogP contribution in [0.2, 0.25) is 0 Å². The highest BCUT2D eigenvalue weighted by Crippen LogP contribution is 2.25. The lowest BCUT2D eigenvalue weighted by atomic mass is 10.0. The Morgan fingerprint density at radius 2 is 1.85 bits per heavy atom. The summed E-state index contributed by atoms with van der Waals surface area (Å²) in [6, 6.07) is 4.57. The number of aryl methyl sites for hydroxylation is 4. The molecule has 0 spiro atoms. The van der Waals surface area contributed by atoms with E-state index in [1.165, 1.54) is 15.4 Å². The SMILES string of the molecule is CCNC(Cc1nc(C)c(C)s1)c1ccc(C)nc1C. The molecule has 2 heterocycles. The Labute approximate surface area is 125 Å². The zero-order valence-corrected chi connectivity index (χ0v) is 13.8. The Bertz CT molecular complexity index is 570. The quantitative estimate of drug-likeness (QED) is 0.912. The van der Waals surface area contributed by atoms with Crippen LogP contribution in [-0.4, -0.2) is 16.5 Å². The lowest BCUT2D eigenvalue weighted by Crippen LogP contribution is -2.24. The van der Waals surface area contributed by atoms with Crippen LogP contribution in [0.3, 0.4) is 0 Å². The third-order valence-electron chi connectivity index (χ3n) is 3.54. The van der Waals surface area contributed by atoms with Gasteiger partial charge in [0.25, 0.3) is 0 Å². The van der Waals surface area contributed by atoms with Crippen molar-refractivity contribution < 1.29 is 0 Å². The zero-order chi connectivity index (χ0) is 14.7. The largest absolute Gasteiger partial charge is 0.310 e. The smallest absolute Gasteiger partial charge is 0.0949 e. The number of nitrogens with one attached hydrogen (secondary N) is 1. The van der Waals surface area contributed by atoms with Crippen molar-refractivity contribution in [1.29, 1.82) is 0 Å². The molecule has 0 amide bonds. The minimum Gasteiger partial charge on any atom is -0.310 e. The standard InChI is InChI=1S/C16H23N3S/c1-6-17-15(9-16-19-11(3)13(5)20-16)14-8-7-10(2)18-12(14)4/h7-8,15,17H,6,9H2,1-5H3. The number of nitrogens with zero attached hydrogens (tertiary/aromatic N) is 2. The number of hydrogen-bond acceptors (Lipinski definition) is 4. The van der Waals surface area contributed by atoms with Gasteiger partial charge < -0.3 is 5.32 Å². The summed E-state index contributed by atoms with van der Waals surface area (Å²) in [4.78, 5) is 10.6. The first-order chi connectivity index (χ1) is 9.51. The molecule has 1 unspecified atom stereocenters. The molecule has 0 radical (unpaired) electrons. The molecule has 0 saturated heterocycles. The van der Waals surface area contributed by atoms with Crippen LogP contribution >= 0.6 is 11.3 Å². The minimum absolute atomic E-state index is 0.290. The molecule has 2 aromatic rings. The lowest BCUT2D eigenvalue weighted by molar-refractivity contribution is 0.543. The van der Waals surface area contributed by atoms with Crippen LogP contribution in [-0.2, 0) is 6.42 Å². The first-order valence-electron chi connectivity index (χ1n) is 7.11. The Hall–Kier alpha value is -1.26. The highest BCUT2D eigenvalue weighted by Gasteiger charge is 2.16. The number of hydrogen-bond donors (Lipinski definition) is 1. The minimum atomic E-state index is 0.290. The van der Waals surface area contributed by atoms with Crippen molar-refractivity contribution in [2.75, 3.05) is 6.54 Å². The predicted molar refractivity (Wildman–Crippen MR) is 85.4 cm³/mol. The van der Waals surface area contributed by atoms with Gasteiger partial charge in [0.05, 0.1) is 10.7 Å². The molecule has 0 aliphatic carbocycles. The summed E-state index contributed by atoms with van der Waals surface area (Å²) in [7, 11) is 0. The molecule has 0 aliphatic rings. The van der Waals surface area contributed by atoms with Crippen molar-refractivity contribution in [1.82, 2.24) is 15.3 Å². The first kappa shape index (κ1) is 15.1. The van der Waals surface area contributed by atoms with Crippen LogP contribution in [0.5, 0.6) is 0 Å². The summed E-state index contributed by atoms with van der Waals surface area (Å²) in [6.45, 7) is 11.4. The number of pyridine rings is 1. The van der Waals surface area contributed by atoms with Gasteiger partial charge in [-0.2, -0.15) is 0 Å². The predicted octanol–water partition coefficient (Wildman–Crippen LogP) is 3.67. The monoisotopic (exact) mass is 289 g/mol. The maximum atomic E-state index is 4.66. The van der Waals surface area contributed by atoms with Crippen molar-refractivity contribution in [3.8, 4) is 0 Å². The second kappa shape index (κ2) is 6.46. The van der Waals surface area contributed by atoms with E-state index in [2.05, 4.69) is 55.1 Å². The van der Waals surface area contributed by atoms with Gasteiger partial charge in [-0.15, -0.1) is 11.3 Å². The summed E-state index contributed by atoms with van der Waals surface area (Å²) in [6.07, 6.45) is 0.929. The normalized spacial score (nSPS) is 12.7. The van der Waals surface area contributed by atoms with E-state index < -0.39 is 0 Å². The molecule has 0 saturated carbocycles. The van der Waals surface area contributed by atoms with Gasteiger partial charge in [-0.3, -0.25) is 4.98 Å². The Morgan fingerprint density at radius 3 is 2.40 bits per heavy atom. The summed E-state index contributed by atoms with van der Waals surface area (Å²) in [5.74, 6) is 0. The molecule has 1 atom stereocenters. The van der Waals surface area contributed by atoms with Crippen LogP contribution in [0.1, 0.15) is 45.5 Å². The molecule has 20 heavy (non-hydrogen) atoms. The van der Waals surface area contributed by atoms with Crippen molar-refractivity contribution in [2.45, 2.75) is 47.1 Å². The van der Waals surface area contributed by atoms with Gasteiger partial charge in [-0.25, -0.2) is 4.98 Å². The van der Waals surface area contributed by atoms with Gasteiger partial charge in [0.1, 0.15) is 0 Å². The molecule has 2 rings (SSSR count). The van der Waals surface area contributed by atoms with Crippen molar-refractivity contribution in [2.24, 2.45) is 0 Å². The number of thiazole rings is 1. The molecule has 4 heteroatoms. The molecule has 0 fully saturated rings. The first-order valence-corrected chi connectivity index (χ1v) is 7.93. The van der Waals surface area contributed by atoms with E-state index in [4.69, 9.17) is 0 Å². The highest BCUT2D eigenvalue weighted by molar-refractivity contribution is 7.11. The number of rotatable bonds is 5. The lowest BCUT2D eigenvalue weighted by Gasteiger charge is -2.19. The van der Waals surface area contributed by atoms with Crippen LogP contribution < -0.4 is 5.32 Å². The van der Waals surface area contributed by atoms with Crippen LogP contribution in [0, 0.1) is 27.7 Å². The van der Waals surface area contributed by atoms with E-state index in [1.54, 1.807) is 11.3 Å². The molecule has 108 valence electrons. The molecule has 1 N–H and O–H groups in total. The Morgan fingerprint density at radius 1 is 1.10 bits per heavy atom. The van der Waals surface area contributed by atoms with E-state index in [9.17, 15) is 0 Å². The summed E-state index contributed by atoms with van der Waals surface area (Å²) in [5, 5.41) is 4.76. The van der Waals surface area contributed by atoms with Gasteiger partial charge >= 0.3 is 0 Å². The second-order valence-corrected chi connectivity index (χ2v) is 6.48. The average Bonchev–Trinajstić information content (AvgIpc) is 2.68. The maximum Gasteiger partial charge on any atom is 0.0949 e. The fourth-order valence-corrected chi connectivity index (χ4v) is 3.38. The zero-order valence-electron chi connectivity index (χ0n) is 12.9. The van der Waals surface area contributed by atoms with Crippen LogP contribution in [0.15, 0.2) is 12.1 Å². The van der Waals surface area contributed by atoms with Gasteiger partial charge in [0.2, 0.25) is 0 Å². The van der Waals surface area contributed by atoms with E-state index in [0.717, 1.165) is 30.0 Å². The third-order valence-corrected chi connectivity index (χ3v) is 4.64. The fourth-order valence-electron chi connectivity index (χ4n) is 2.41. The molecular weight excluding hydrogens is 266 g/mol. The van der Waals surface area contributed by atoms with Crippen molar-refractivity contribution in [3.05, 3.63) is 44.7 Å². The molecule has 2 aromatic heterocycles. The summed E-state index contributed by atoms with van der Waals surface area (Å²) >= 11 is 1.80. The highest BCUT2D eigenvalue weighted by atomic mass is 32.1. The summed E-state index contributed by atoms with van der Waals surface area (Å²) < 4.78 is 0. The van der Waals surface area contributed by atoms with Gasteiger partial charge in [0, 0.05) is 28.7 Å². The maximum absolute atomic E-state index is 4.66. The van der Waals surface area contributed by atoms with E-state index in [1.807, 2.05) is 6.92 Å². The van der Waals surface area contributed by atoms with Crippen LogP contribution in [0.25, 0.3) is 0 Å². The van der Waals surface area contributed by atoms with Gasteiger partial charge in [0.15, 0.2) is 0 Å².